The number of halogens is 2. The molecule has 22 heavy (non-hydrogen) atoms. The van der Waals surface area contributed by atoms with Crippen LogP contribution >= 0.6 is 0 Å². The first-order valence-corrected chi connectivity index (χ1v) is 7.15. The Morgan fingerprint density at radius 1 is 1.05 bits per heavy atom. The molecule has 0 aliphatic carbocycles. The van der Waals surface area contributed by atoms with Crippen LogP contribution in [0.4, 0.5) is 14.5 Å². The number of hydrogen-bond acceptors (Lipinski definition) is 3. The number of rotatable bonds is 7. The van der Waals surface area contributed by atoms with Crippen molar-refractivity contribution in [3.05, 3.63) is 65.7 Å². The van der Waals surface area contributed by atoms with Crippen LogP contribution in [-0.2, 0) is 0 Å². The lowest BCUT2D eigenvalue weighted by atomic mass is 10.1. The van der Waals surface area contributed by atoms with Crippen LogP contribution in [-0.4, -0.2) is 29.9 Å². The summed E-state index contributed by atoms with van der Waals surface area (Å²) in [6.45, 7) is 0.720. The Labute approximate surface area is 128 Å². The Bertz CT molecular complexity index is 592. The van der Waals surface area contributed by atoms with Crippen molar-refractivity contribution in [2.45, 2.75) is 12.5 Å². The average molecular weight is 307 g/mol. The third-order valence-corrected chi connectivity index (χ3v) is 3.42. The predicted molar refractivity (Wildman–Crippen MR) is 81.7 cm³/mol. The monoisotopic (exact) mass is 307 g/mol. The molecule has 0 heterocycles. The molecule has 0 fully saturated rings. The van der Waals surface area contributed by atoms with Crippen molar-refractivity contribution >= 4 is 5.69 Å². The maximum absolute atomic E-state index is 13.7. The molecule has 5 heteroatoms. The van der Waals surface area contributed by atoms with E-state index in [1.807, 2.05) is 35.2 Å². The number of aliphatic hydroxyl groups is 2. The van der Waals surface area contributed by atoms with Gasteiger partial charge in [0.05, 0.1) is 6.10 Å². The molecule has 2 rings (SSSR count). The predicted octanol–water partition coefficient (Wildman–Crippen LogP) is 2.89. The van der Waals surface area contributed by atoms with Crippen LogP contribution in [0.1, 0.15) is 18.1 Å². The topological polar surface area (TPSA) is 43.7 Å². The van der Waals surface area contributed by atoms with E-state index in [-0.39, 0.29) is 18.7 Å². The molecule has 0 amide bonds. The summed E-state index contributed by atoms with van der Waals surface area (Å²) in [7, 11) is 0. The van der Waals surface area contributed by atoms with Crippen LogP contribution in [0.5, 0.6) is 0 Å². The first-order valence-electron chi connectivity index (χ1n) is 7.15. The van der Waals surface area contributed by atoms with Gasteiger partial charge in [0, 0.05) is 37.0 Å². The molecule has 2 aromatic carbocycles. The van der Waals surface area contributed by atoms with Gasteiger partial charge in [-0.1, -0.05) is 24.3 Å². The molecule has 0 aliphatic heterocycles. The van der Waals surface area contributed by atoms with Crippen molar-refractivity contribution in [2.75, 3.05) is 24.6 Å². The van der Waals surface area contributed by atoms with E-state index in [1.165, 1.54) is 6.07 Å². The van der Waals surface area contributed by atoms with Crippen molar-refractivity contribution in [3.8, 4) is 0 Å². The minimum absolute atomic E-state index is 0.0321. The molecule has 0 saturated carbocycles. The van der Waals surface area contributed by atoms with Crippen LogP contribution in [0.15, 0.2) is 48.5 Å². The van der Waals surface area contributed by atoms with Crippen molar-refractivity contribution in [1.29, 1.82) is 0 Å². The molecule has 3 nitrogen and oxygen atoms in total. The summed E-state index contributed by atoms with van der Waals surface area (Å²) in [5.74, 6) is -1.43. The summed E-state index contributed by atoms with van der Waals surface area (Å²) in [6, 6.07) is 12.5. The zero-order chi connectivity index (χ0) is 15.9. The fraction of sp³-hybridized carbons (Fsp3) is 0.294. The molecule has 2 aromatic rings. The molecule has 0 aliphatic rings. The molecule has 1 atom stereocenters. The SMILES string of the molecule is OCCCN(CC(O)c1ccc(F)cc1F)c1ccccc1. The summed E-state index contributed by atoms with van der Waals surface area (Å²) >= 11 is 0. The molecule has 1 unspecified atom stereocenters. The van der Waals surface area contributed by atoms with E-state index in [0.717, 1.165) is 17.8 Å². The maximum Gasteiger partial charge on any atom is 0.131 e. The van der Waals surface area contributed by atoms with Crippen LogP contribution in [0.3, 0.4) is 0 Å². The second-order valence-electron chi connectivity index (χ2n) is 5.04. The zero-order valence-corrected chi connectivity index (χ0v) is 12.1. The highest BCUT2D eigenvalue weighted by Gasteiger charge is 2.17. The van der Waals surface area contributed by atoms with Crippen molar-refractivity contribution in [1.82, 2.24) is 0 Å². The van der Waals surface area contributed by atoms with Gasteiger partial charge < -0.3 is 15.1 Å². The Morgan fingerprint density at radius 2 is 1.77 bits per heavy atom. The molecule has 0 spiro atoms. The lowest BCUT2D eigenvalue weighted by Gasteiger charge is -2.27. The Hall–Kier alpha value is -1.98. The van der Waals surface area contributed by atoms with Crippen molar-refractivity contribution < 1.29 is 19.0 Å². The summed E-state index contributed by atoms with van der Waals surface area (Å²) in [6.07, 6.45) is -0.549. The highest BCUT2D eigenvalue weighted by atomic mass is 19.1. The van der Waals surface area contributed by atoms with Gasteiger partial charge in [-0.15, -0.1) is 0 Å². The van der Waals surface area contributed by atoms with Crippen molar-refractivity contribution in [2.24, 2.45) is 0 Å². The fourth-order valence-electron chi connectivity index (χ4n) is 2.31. The number of anilines is 1. The standard InChI is InChI=1S/C17H19F2NO2/c18-13-7-8-15(16(19)11-13)17(22)12-20(9-4-10-21)14-5-2-1-3-6-14/h1-3,5-8,11,17,21-22H,4,9-10,12H2. The van der Waals surface area contributed by atoms with Gasteiger partial charge in [0.15, 0.2) is 0 Å². The second-order valence-corrected chi connectivity index (χ2v) is 5.04. The molecule has 0 saturated heterocycles. The second kappa shape index (κ2) is 7.87. The number of hydrogen-bond donors (Lipinski definition) is 2. The summed E-state index contributed by atoms with van der Waals surface area (Å²) in [4.78, 5) is 1.86. The average Bonchev–Trinajstić information content (AvgIpc) is 2.52. The third kappa shape index (κ3) is 4.26. The van der Waals surface area contributed by atoms with E-state index in [9.17, 15) is 13.9 Å². The number of para-hydroxylation sites is 1. The van der Waals surface area contributed by atoms with Gasteiger partial charge in [-0.05, 0) is 24.6 Å². The Kier molecular flexibility index (Phi) is 5.86. The van der Waals surface area contributed by atoms with E-state index in [0.29, 0.717) is 13.0 Å². The van der Waals surface area contributed by atoms with Crippen LogP contribution in [0.25, 0.3) is 0 Å². The first kappa shape index (κ1) is 16.4. The molecular weight excluding hydrogens is 288 g/mol. The van der Waals surface area contributed by atoms with Crippen LogP contribution in [0.2, 0.25) is 0 Å². The van der Waals surface area contributed by atoms with Gasteiger partial charge in [0.1, 0.15) is 11.6 Å². The zero-order valence-electron chi connectivity index (χ0n) is 12.1. The molecule has 0 aromatic heterocycles. The van der Waals surface area contributed by atoms with E-state index in [2.05, 4.69) is 0 Å². The van der Waals surface area contributed by atoms with Gasteiger partial charge in [-0.2, -0.15) is 0 Å². The number of benzene rings is 2. The highest BCUT2D eigenvalue weighted by molar-refractivity contribution is 5.46. The lowest BCUT2D eigenvalue weighted by Crippen LogP contribution is -2.30. The highest BCUT2D eigenvalue weighted by Crippen LogP contribution is 2.22. The van der Waals surface area contributed by atoms with Crippen LogP contribution < -0.4 is 4.90 Å². The van der Waals surface area contributed by atoms with E-state index < -0.39 is 17.7 Å². The van der Waals surface area contributed by atoms with E-state index in [4.69, 9.17) is 5.11 Å². The first-order chi connectivity index (χ1) is 10.6. The lowest BCUT2D eigenvalue weighted by molar-refractivity contribution is 0.177. The summed E-state index contributed by atoms with van der Waals surface area (Å²) in [5, 5.41) is 19.3. The minimum Gasteiger partial charge on any atom is -0.396 e. The number of nitrogens with zero attached hydrogens (tertiary/aromatic N) is 1. The van der Waals surface area contributed by atoms with E-state index >= 15 is 0 Å². The molecule has 0 radical (unpaired) electrons. The van der Waals surface area contributed by atoms with Gasteiger partial charge in [0.25, 0.3) is 0 Å². The Balaban J connectivity index is 2.15. The fourth-order valence-corrected chi connectivity index (χ4v) is 2.31. The molecule has 118 valence electrons. The minimum atomic E-state index is -1.08. The van der Waals surface area contributed by atoms with Crippen LogP contribution in [0, 0.1) is 11.6 Å². The van der Waals surface area contributed by atoms with Gasteiger partial charge in [0.2, 0.25) is 0 Å². The summed E-state index contributed by atoms with van der Waals surface area (Å²) < 4.78 is 26.7. The normalized spacial score (nSPS) is 12.2. The third-order valence-electron chi connectivity index (χ3n) is 3.42. The van der Waals surface area contributed by atoms with Crippen molar-refractivity contribution in [3.63, 3.8) is 0 Å². The quantitative estimate of drug-likeness (QED) is 0.826. The number of aliphatic hydroxyl groups excluding tert-OH is 2. The summed E-state index contributed by atoms with van der Waals surface area (Å²) in [5.41, 5.74) is 0.934. The van der Waals surface area contributed by atoms with Gasteiger partial charge in [-0.3, -0.25) is 0 Å². The Morgan fingerprint density at radius 3 is 2.41 bits per heavy atom. The molecule has 2 N–H and O–H groups in total. The molecule has 0 bridgehead atoms. The maximum atomic E-state index is 13.7. The molecular formula is C17H19F2NO2. The smallest absolute Gasteiger partial charge is 0.131 e. The van der Waals surface area contributed by atoms with Gasteiger partial charge >= 0.3 is 0 Å². The van der Waals surface area contributed by atoms with E-state index in [1.54, 1.807) is 0 Å². The van der Waals surface area contributed by atoms with Gasteiger partial charge in [-0.25, -0.2) is 8.78 Å². The largest absolute Gasteiger partial charge is 0.396 e.